The van der Waals surface area contributed by atoms with Crippen LogP contribution in [0.3, 0.4) is 0 Å². The Labute approximate surface area is 108 Å². The van der Waals surface area contributed by atoms with Gasteiger partial charge in [0.1, 0.15) is 6.54 Å². The van der Waals surface area contributed by atoms with Gasteiger partial charge in [0.2, 0.25) is 0 Å². The first kappa shape index (κ1) is 15.6. The first-order chi connectivity index (χ1) is 8.67. The second-order valence-corrected chi connectivity index (χ2v) is 4.76. The van der Waals surface area contributed by atoms with E-state index in [4.69, 9.17) is 5.11 Å². The molecule has 0 aromatic rings. The number of nitrogens with one attached hydrogen (secondary N) is 1. The zero-order chi connectivity index (χ0) is 14.7. The number of urea groups is 1. The zero-order valence-electron chi connectivity index (χ0n) is 10.6. The summed E-state index contributed by atoms with van der Waals surface area (Å²) in [4.78, 5) is 23.1. The number of alkyl halides is 3. The van der Waals surface area contributed by atoms with Crippen LogP contribution < -0.4 is 5.32 Å². The number of nitrogens with zero attached hydrogens (tertiary/aromatic N) is 1. The monoisotopic (exact) mass is 282 g/mol. The van der Waals surface area contributed by atoms with E-state index in [1.54, 1.807) is 0 Å². The number of halogens is 3. The van der Waals surface area contributed by atoms with Gasteiger partial charge in [-0.3, -0.25) is 4.79 Å². The number of rotatable bonds is 5. The molecule has 0 aromatic carbocycles. The van der Waals surface area contributed by atoms with E-state index >= 15 is 0 Å². The van der Waals surface area contributed by atoms with E-state index < -0.39 is 30.3 Å². The Morgan fingerprint density at radius 1 is 1.37 bits per heavy atom. The lowest BCUT2D eigenvalue weighted by molar-refractivity contribution is -0.142. The van der Waals surface area contributed by atoms with Crippen LogP contribution in [0.1, 0.15) is 32.6 Å². The molecule has 0 unspecified atom stereocenters. The minimum Gasteiger partial charge on any atom is -0.481 e. The van der Waals surface area contributed by atoms with Crippen molar-refractivity contribution in [1.82, 2.24) is 10.2 Å². The molecule has 2 amide bonds. The number of hydrogen-bond acceptors (Lipinski definition) is 2. The van der Waals surface area contributed by atoms with Gasteiger partial charge >= 0.3 is 18.2 Å². The van der Waals surface area contributed by atoms with Crippen molar-refractivity contribution in [3.8, 4) is 0 Å². The molecule has 5 nitrogen and oxygen atoms in total. The molecule has 0 atom stereocenters. The molecule has 1 saturated carbocycles. The molecule has 110 valence electrons. The summed E-state index contributed by atoms with van der Waals surface area (Å²) in [5, 5.41) is 11.2. The van der Waals surface area contributed by atoms with Gasteiger partial charge in [-0.05, 0) is 26.2 Å². The van der Waals surface area contributed by atoms with Gasteiger partial charge in [-0.25, -0.2) is 4.79 Å². The largest absolute Gasteiger partial charge is 0.481 e. The molecule has 2 N–H and O–H groups in total. The van der Waals surface area contributed by atoms with Crippen molar-refractivity contribution in [3.63, 3.8) is 0 Å². The second-order valence-electron chi connectivity index (χ2n) is 4.76. The van der Waals surface area contributed by atoms with Gasteiger partial charge in [0.05, 0.1) is 12.0 Å². The van der Waals surface area contributed by atoms with Crippen LogP contribution in [0.2, 0.25) is 0 Å². The van der Waals surface area contributed by atoms with Crippen molar-refractivity contribution in [2.45, 2.75) is 44.3 Å². The molecule has 1 fully saturated rings. The summed E-state index contributed by atoms with van der Waals surface area (Å²) >= 11 is 0. The molecule has 1 aliphatic rings. The van der Waals surface area contributed by atoms with Crippen molar-refractivity contribution in [1.29, 1.82) is 0 Å². The summed E-state index contributed by atoms with van der Waals surface area (Å²) < 4.78 is 36.8. The summed E-state index contributed by atoms with van der Waals surface area (Å²) in [6.45, 7) is 0.0168. The lowest BCUT2D eigenvalue weighted by Crippen LogP contribution is -2.58. The molecule has 0 radical (unpaired) electrons. The highest BCUT2D eigenvalue weighted by atomic mass is 19.4. The number of carbonyl (C=O) groups excluding carboxylic acids is 1. The number of aliphatic carboxylic acids is 1. The van der Waals surface area contributed by atoms with Gasteiger partial charge in [0.25, 0.3) is 0 Å². The average Bonchev–Trinajstić information content (AvgIpc) is 2.20. The smallest absolute Gasteiger partial charge is 0.406 e. The Kier molecular flexibility index (Phi) is 4.65. The molecule has 0 aromatic heterocycles. The van der Waals surface area contributed by atoms with Crippen molar-refractivity contribution >= 4 is 12.0 Å². The van der Waals surface area contributed by atoms with E-state index in [0.29, 0.717) is 17.7 Å². The molecular weight excluding hydrogens is 265 g/mol. The first-order valence-corrected chi connectivity index (χ1v) is 6.03. The number of amides is 2. The normalized spacial score (nSPS) is 17.5. The maximum absolute atomic E-state index is 12.3. The molecule has 1 aliphatic carbocycles. The van der Waals surface area contributed by atoms with Crippen LogP contribution >= 0.6 is 0 Å². The Morgan fingerprint density at radius 2 is 1.95 bits per heavy atom. The topological polar surface area (TPSA) is 69.6 Å². The van der Waals surface area contributed by atoms with E-state index in [-0.39, 0.29) is 13.0 Å². The SMILES string of the molecule is CCN(CC(F)(F)F)C(=O)NC1(CC(=O)O)CCC1. The molecular formula is C11H17F3N2O3. The Morgan fingerprint density at radius 3 is 2.26 bits per heavy atom. The van der Waals surface area contributed by atoms with Crippen molar-refractivity contribution in [2.24, 2.45) is 0 Å². The van der Waals surface area contributed by atoms with Crippen molar-refractivity contribution in [2.75, 3.05) is 13.1 Å². The summed E-state index contributed by atoms with van der Waals surface area (Å²) in [5.74, 6) is -1.07. The van der Waals surface area contributed by atoms with Gasteiger partial charge in [-0.2, -0.15) is 13.2 Å². The van der Waals surface area contributed by atoms with E-state index in [1.807, 2.05) is 0 Å². The lowest BCUT2D eigenvalue weighted by Gasteiger charge is -2.42. The number of hydrogen-bond donors (Lipinski definition) is 2. The van der Waals surface area contributed by atoms with Crippen LogP contribution in [-0.2, 0) is 4.79 Å². The molecule has 19 heavy (non-hydrogen) atoms. The summed E-state index contributed by atoms with van der Waals surface area (Å²) in [5.41, 5.74) is -0.887. The van der Waals surface area contributed by atoms with Crippen LogP contribution in [0.4, 0.5) is 18.0 Å². The number of carboxylic acids is 1. The maximum atomic E-state index is 12.3. The molecule has 0 spiro atoms. The summed E-state index contributed by atoms with van der Waals surface area (Å²) in [6, 6.07) is -0.860. The maximum Gasteiger partial charge on any atom is 0.406 e. The first-order valence-electron chi connectivity index (χ1n) is 6.03. The van der Waals surface area contributed by atoms with Crippen LogP contribution in [-0.4, -0.2) is 46.8 Å². The van der Waals surface area contributed by atoms with Gasteiger partial charge in [-0.15, -0.1) is 0 Å². The van der Waals surface area contributed by atoms with E-state index in [9.17, 15) is 22.8 Å². The van der Waals surface area contributed by atoms with Crippen LogP contribution in [0.5, 0.6) is 0 Å². The fourth-order valence-corrected chi connectivity index (χ4v) is 2.09. The Balaban J connectivity index is 2.63. The van der Waals surface area contributed by atoms with E-state index in [2.05, 4.69) is 5.32 Å². The van der Waals surface area contributed by atoms with Gasteiger partial charge < -0.3 is 15.3 Å². The van der Waals surface area contributed by atoms with Crippen molar-refractivity contribution in [3.05, 3.63) is 0 Å². The van der Waals surface area contributed by atoms with Gasteiger partial charge in [-0.1, -0.05) is 0 Å². The second kappa shape index (κ2) is 5.66. The predicted molar refractivity (Wildman–Crippen MR) is 60.7 cm³/mol. The Hall–Kier alpha value is -1.47. The molecule has 0 heterocycles. The predicted octanol–water partition coefficient (Wildman–Crippen LogP) is 1.98. The van der Waals surface area contributed by atoms with Crippen LogP contribution in [0, 0.1) is 0 Å². The average molecular weight is 282 g/mol. The highest BCUT2D eigenvalue weighted by molar-refractivity contribution is 5.77. The number of carbonyl (C=O) groups is 2. The molecule has 0 saturated heterocycles. The minimum atomic E-state index is -4.47. The van der Waals surface area contributed by atoms with Gasteiger partial charge in [0.15, 0.2) is 0 Å². The number of carboxylic acid groups (broad SMARTS) is 1. The molecule has 8 heteroatoms. The molecule has 1 rings (SSSR count). The molecule has 0 aliphatic heterocycles. The lowest BCUT2D eigenvalue weighted by atomic mass is 9.74. The highest BCUT2D eigenvalue weighted by Crippen LogP contribution is 2.35. The minimum absolute atomic E-state index is 0.0888. The fourth-order valence-electron chi connectivity index (χ4n) is 2.09. The van der Waals surface area contributed by atoms with E-state index in [1.165, 1.54) is 6.92 Å². The van der Waals surface area contributed by atoms with Crippen molar-refractivity contribution < 1.29 is 27.9 Å². The highest BCUT2D eigenvalue weighted by Gasteiger charge is 2.42. The fraction of sp³-hybridized carbons (Fsp3) is 0.818. The standard InChI is InChI=1S/C11H17F3N2O3/c1-2-16(7-11(12,13)14)9(19)15-10(4-3-5-10)6-8(17)18/h2-7H2,1H3,(H,15,19)(H,17,18). The van der Waals surface area contributed by atoms with E-state index in [0.717, 1.165) is 6.42 Å². The summed E-state index contributed by atoms with van der Waals surface area (Å²) in [6.07, 6.45) is -3.00. The summed E-state index contributed by atoms with van der Waals surface area (Å²) in [7, 11) is 0. The Bertz CT molecular complexity index is 354. The third-order valence-electron chi connectivity index (χ3n) is 3.21. The third kappa shape index (κ3) is 4.60. The zero-order valence-corrected chi connectivity index (χ0v) is 10.6. The third-order valence-corrected chi connectivity index (χ3v) is 3.21. The van der Waals surface area contributed by atoms with Crippen LogP contribution in [0.15, 0.2) is 0 Å². The van der Waals surface area contributed by atoms with Gasteiger partial charge in [0, 0.05) is 6.54 Å². The quantitative estimate of drug-likeness (QED) is 0.810. The van der Waals surface area contributed by atoms with Crippen LogP contribution in [0.25, 0.3) is 0 Å². The molecule has 0 bridgehead atoms.